The lowest BCUT2D eigenvalue weighted by molar-refractivity contribution is 0.306. The fraction of sp³-hybridized carbons (Fsp3) is 0.238. The number of furan rings is 1. The van der Waals surface area contributed by atoms with Gasteiger partial charge in [0.2, 0.25) is 0 Å². The van der Waals surface area contributed by atoms with Gasteiger partial charge >= 0.3 is 0 Å². The van der Waals surface area contributed by atoms with Crippen LogP contribution in [0.3, 0.4) is 0 Å². The van der Waals surface area contributed by atoms with Crippen LogP contribution in [-0.2, 0) is 0 Å². The Labute approximate surface area is 142 Å². The molecule has 1 aromatic heterocycles. The Bertz CT molecular complexity index is 755. The van der Waals surface area contributed by atoms with Gasteiger partial charge in [-0.25, -0.2) is 0 Å². The van der Waals surface area contributed by atoms with E-state index < -0.39 is 0 Å². The van der Waals surface area contributed by atoms with Gasteiger partial charge in [-0.1, -0.05) is 44.0 Å². The first-order valence-electron chi connectivity index (χ1n) is 8.37. The summed E-state index contributed by atoms with van der Waals surface area (Å²) in [5.41, 5.74) is 4.12. The normalized spacial score (nSPS) is 10.7. The Morgan fingerprint density at radius 3 is 2.00 bits per heavy atom. The molecule has 0 spiro atoms. The Morgan fingerprint density at radius 2 is 1.42 bits per heavy atom. The van der Waals surface area contributed by atoms with Gasteiger partial charge in [-0.05, 0) is 41.8 Å². The zero-order valence-electron chi connectivity index (χ0n) is 13.9. The molecule has 0 atom stereocenters. The summed E-state index contributed by atoms with van der Waals surface area (Å²) in [6, 6.07) is 15.2. The van der Waals surface area contributed by atoms with Crippen molar-refractivity contribution in [1.29, 1.82) is 0 Å². The fourth-order valence-corrected chi connectivity index (χ4v) is 2.66. The Morgan fingerprint density at radius 1 is 0.833 bits per heavy atom. The van der Waals surface area contributed by atoms with Crippen molar-refractivity contribution in [2.75, 3.05) is 6.61 Å². The lowest BCUT2D eigenvalue weighted by Gasteiger charge is -2.07. The second kappa shape index (κ2) is 7.73. The highest BCUT2D eigenvalue weighted by Crippen LogP contribution is 2.34. The van der Waals surface area contributed by atoms with Gasteiger partial charge < -0.3 is 14.3 Å². The first-order chi connectivity index (χ1) is 11.8. The Kier molecular flexibility index (Phi) is 5.22. The second-order valence-corrected chi connectivity index (χ2v) is 5.83. The molecule has 0 amide bonds. The molecule has 0 aliphatic rings. The number of rotatable bonds is 7. The first kappa shape index (κ1) is 16.2. The Hall–Kier alpha value is -2.68. The maximum absolute atomic E-state index is 9.44. The fourth-order valence-electron chi connectivity index (χ4n) is 2.66. The predicted octanol–water partition coefficient (Wildman–Crippen LogP) is 5.89. The molecule has 1 heterocycles. The van der Waals surface area contributed by atoms with Crippen molar-refractivity contribution < 1.29 is 14.3 Å². The molecule has 0 aliphatic heterocycles. The van der Waals surface area contributed by atoms with Crippen molar-refractivity contribution in [3.05, 3.63) is 61.1 Å². The summed E-state index contributed by atoms with van der Waals surface area (Å²) in [6.45, 7) is 2.95. The van der Waals surface area contributed by atoms with Gasteiger partial charge in [0, 0.05) is 11.1 Å². The minimum atomic E-state index is 0.258. The summed E-state index contributed by atoms with van der Waals surface area (Å²) >= 11 is 0. The molecule has 3 rings (SSSR count). The van der Waals surface area contributed by atoms with Gasteiger partial charge in [-0.2, -0.15) is 0 Å². The SMILES string of the molecule is CCCCCOc1ccc(-c2cocc2-c2ccc(O)cc2)cc1. The van der Waals surface area contributed by atoms with E-state index in [0.717, 1.165) is 41.0 Å². The van der Waals surface area contributed by atoms with Crippen LogP contribution >= 0.6 is 0 Å². The maximum Gasteiger partial charge on any atom is 0.119 e. The number of benzene rings is 2. The molecule has 0 saturated carbocycles. The average molecular weight is 322 g/mol. The third-order valence-electron chi connectivity index (χ3n) is 4.02. The largest absolute Gasteiger partial charge is 0.508 e. The third kappa shape index (κ3) is 3.80. The first-order valence-corrected chi connectivity index (χ1v) is 8.37. The van der Waals surface area contributed by atoms with Gasteiger partial charge in [0.15, 0.2) is 0 Å². The van der Waals surface area contributed by atoms with Crippen LogP contribution in [-0.4, -0.2) is 11.7 Å². The lowest BCUT2D eigenvalue weighted by atomic mass is 9.99. The van der Waals surface area contributed by atoms with E-state index in [4.69, 9.17) is 9.15 Å². The molecule has 0 saturated heterocycles. The molecule has 0 bridgehead atoms. The Balaban J connectivity index is 1.75. The number of unbranched alkanes of at least 4 members (excludes halogenated alkanes) is 2. The van der Waals surface area contributed by atoms with Crippen molar-refractivity contribution in [2.45, 2.75) is 26.2 Å². The zero-order chi connectivity index (χ0) is 16.8. The van der Waals surface area contributed by atoms with Crippen LogP contribution in [0.2, 0.25) is 0 Å². The van der Waals surface area contributed by atoms with Gasteiger partial charge in [0.1, 0.15) is 11.5 Å². The molecular weight excluding hydrogens is 300 g/mol. The number of phenolic OH excluding ortho intramolecular Hbond substituents is 1. The quantitative estimate of drug-likeness (QED) is 0.552. The van der Waals surface area contributed by atoms with Crippen molar-refractivity contribution in [1.82, 2.24) is 0 Å². The van der Waals surface area contributed by atoms with E-state index >= 15 is 0 Å². The summed E-state index contributed by atoms with van der Waals surface area (Å²) < 4.78 is 11.2. The summed E-state index contributed by atoms with van der Waals surface area (Å²) in [4.78, 5) is 0. The van der Waals surface area contributed by atoms with Crippen LogP contribution in [0.15, 0.2) is 65.5 Å². The molecule has 3 aromatic rings. The van der Waals surface area contributed by atoms with Crippen molar-refractivity contribution in [2.24, 2.45) is 0 Å². The van der Waals surface area contributed by atoms with Gasteiger partial charge in [0.05, 0.1) is 19.1 Å². The molecular formula is C21H22O3. The summed E-state index contributed by atoms with van der Waals surface area (Å²) in [5.74, 6) is 1.15. The minimum absolute atomic E-state index is 0.258. The minimum Gasteiger partial charge on any atom is -0.508 e. The number of phenols is 1. The van der Waals surface area contributed by atoms with E-state index in [9.17, 15) is 5.11 Å². The highest BCUT2D eigenvalue weighted by atomic mass is 16.5. The number of hydrogen-bond donors (Lipinski definition) is 1. The van der Waals surface area contributed by atoms with E-state index in [1.807, 2.05) is 36.4 Å². The van der Waals surface area contributed by atoms with Crippen LogP contribution in [0.5, 0.6) is 11.5 Å². The van der Waals surface area contributed by atoms with E-state index in [0.29, 0.717) is 0 Å². The summed E-state index contributed by atoms with van der Waals surface area (Å²) in [5, 5.41) is 9.44. The van der Waals surface area contributed by atoms with E-state index in [-0.39, 0.29) is 5.75 Å². The summed E-state index contributed by atoms with van der Waals surface area (Å²) in [7, 11) is 0. The highest BCUT2D eigenvalue weighted by molar-refractivity contribution is 5.82. The molecule has 3 nitrogen and oxygen atoms in total. The molecule has 0 fully saturated rings. The number of hydrogen-bond acceptors (Lipinski definition) is 3. The van der Waals surface area contributed by atoms with Crippen molar-refractivity contribution in [3.63, 3.8) is 0 Å². The molecule has 3 heteroatoms. The molecule has 124 valence electrons. The highest BCUT2D eigenvalue weighted by Gasteiger charge is 2.10. The maximum atomic E-state index is 9.44. The number of aromatic hydroxyl groups is 1. The lowest BCUT2D eigenvalue weighted by Crippen LogP contribution is -1.96. The molecule has 0 unspecified atom stereocenters. The van der Waals surface area contributed by atoms with Crippen LogP contribution in [0.4, 0.5) is 0 Å². The van der Waals surface area contributed by atoms with Crippen LogP contribution in [0.25, 0.3) is 22.3 Å². The topological polar surface area (TPSA) is 42.6 Å². The monoisotopic (exact) mass is 322 g/mol. The molecule has 2 aromatic carbocycles. The molecule has 1 N–H and O–H groups in total. The van der Waals surface area contributed by atoms with Crippen LogP contribution in [0.1, 0.15) is 26.2 Å². The van der Waals surface area contributed by atoms with Gasteiger partial charge in [0.25, 0.3) is 0 Å². The van der Waals surface area contributed by atoms with Crippen LogP contribution in [0, 0.1) is 0 Å². The van der Waals surface area contributed by atoms with Gasteiger partial charge in [-0.15, -0.1) is 0 Å². The second-order valence-electron chi connectivity index (χ2n) is 5.83. The molecule has 24 heavy (non-hydrogen) atoms. The predicted molar refractivity (Wildman–Crippen MR) is 96.3 cm³/mol. The van der Waals surface area contributed by atoms with Crippen molar-refractivity contribution in [3.8, 4) is 33.8 Å². The van der Waals surface area contributed by atoms with E-state index in [1.54, 1.807) is 24.7 Å². The van der Waals surface area contributed by atoms with E-state index in [1.165, 1.54) is 12.8 Å². The smallest absolute Gasteiger partial charge is 0.119 e. The standard InChI is InChI=1S/C21H22O3/c1-2-3-4-13-24-19-11-7-17(8-12-19)21-15-23-14-20(21)16-5-9-18(22)10-6-16/h5-12,14-15,22H,2-4,13H2,1H3. The zero-order valence-corrected chi connectivity index (χ0v) is 13.9. The summed E-state index contributed by atoms with van der Waals surface area (Å²) in [6.07, 6.45) is 6.97. The average Bonchev–Trinajstić information content (AvgIpc) is 3.10. The number of ether oxygens (including phenoxy) is 1. The molecule has 0 radical (unpaired) electrons. The third-order valence-corrected chi connectivity index (χ3v) is 4.02. The van der Waals surface area contributed by atoms with Gasteiger partial charge in [-0.3, -0.25) is 0 Å². The van der Waals surface area contributed by atoms with E-state index in [2.05, 4.69) is 6.92 Å². The molecule has 0 aliphatic carbocycles. The van der Waals surface area contributed by atoms with Crippen LogP contribution < -0.4 is 4.74 Å². The van der Waals surface area contributed by atoms with Crippen molar-refractivity contribution >= 4 is 0 Å².